The third kappa shape index (κ3) is 6.21. The Morgan fingerprint density at radius 2 is 2.12 bits per heavy atom. The molecule has 0 bridgehead atoms. The molecule has 0 aliphatic rings. The van der Waals surface area contributed by atoms with Gasteiger partial charge in [0.2, 0.25) is 0 Å². The second-order valence-corrected chi connectivity index (χ2v) is 5.86. The third-order valence-corrected chi connectivity index (χ3v) is 3.84. The Bertz CT molecular complexity index is 689. The van der Waals surface area contributed by atoms with Crippen molar-refractivity contribution >= 4 is 29.9 Å². The predicted octanol–water partition coefficient (Wildman–Crippen LogP) is 3.56. The fourth-order valence-corrected chi connectivity index (χ4v) is 2.54. The number of rotatable bonds is 7. The number of guanidine groups is 1. The number of benzene rings is 1. The topological polar surface area (TPSA) is 79.0 Å². The van der Waals surface area contributed by atoms with E-state index in [4.69, 9.17) is 9.15 Å². The van der Waals surface area contributed by atoms with Crippen LogP contribution in [0.15, 0.2) is 46.0 Å². The number of nitrogens with zero attached hydrogens (tertiary/aromatic N) is 1. The largest absolute Gasteiger partial charge is 0.496 e. The Morgan fingerprint density at radius 3 is 2.73 bits per heavy atom. The first-order valence-electron chi connectivity index (χ1n) is 8.46. The Kier molecular flexibility index (Phi) is 9.50. The van der Waals surface area contributed by atoms with Gasteiger partial charge in [-0.3, -0.25) is 4.99 Å². The number of methoxy groups -OCH3 is 1. The summed E-state index contributed by atoms with van der Waals surface area (Å²) in [5, 5.41) is 16.7. The van der Waals surface area contributed by atoms with Crippen molar-refractivity contribution in [2.24, 2.45) is 4.99 Å². The molecule has 3 N–H and O–H groups in total. The van der Waals surface area contributed by atoms with E-state index in [9.17, 15) is 5.11 Å². The van der Waals surface area contributed by atoms with E-state index in [0.29, 0.717) is 11.7 Å². The molecular weight excluding hydrogens is 445 g/mol. The number of hydrogen-bond donors (Lipinski definition) is 3. The second-order valence-electron chi connectivity index (χ2n) is 5.86. The van der Waals surface area contributed by atoms with Crippen LogP contribution in [0.1, 0.15) is 42.9 Å². The van der Waals surface area contributed by atoms with Gasteiger partial charge in [-0.05, 0) is 39.0 Å². The summed E-state index contributed by atoms with van der Waals surface area (Å²) in [6.07, 6.45) is 0.770. The minimum atomic E-state index is -0.769. The molecule has 0 radical (unpaired) electrons. The maximum atomic E-state index is 10.1. The van der Waals surface area contributed by atoms with E-state index in [2.05, 4.69) is 28.6 Å². The van der Waals surface area contributed by atoms with Crippen LogP contribution in [0.25, 0.3) is 0 Å². The predicted molar refractivity (Wildman–Crippen MR) is 114 cm³/mol. The summed E-state index contributed by atoms with van der Waals surface area (Å²) in [4.78, 5) is 4.46. The SMILES string of the molecule is CCNC(=NCC(O)c1ccco1)NC(C)c1cc(C)ccc1OC.I. The normalized spacial score (nSPS) is 13.5. The van der Waals surface area contributed by atoms with E-state index < -0.39 is 6.10 Å². The number of aryl methyl sites for hydroxylation is 1. The number of hydrogen-bond acceptors (Lipinski definition) is 4. The van der Waals surface area contributed by atoms with Gasteiger partial charge in [-0.15, -0.1) is 24.0 Å². The molecule has 26 heavy (non-hydrogen) atoms. The zero-order valence-corrected chi connectivity index (χ0v) is 18.0. The van der Waals surface area contributed by atoms with Crippen LogP contribution in [-0.2, 0) is 0 Å². The van der Waals surface area contributed by atoms with Crippen LogP contribution in [-0.4, -0.2) is 31.3 Å². The van der Waals surface area contributed by atoms with Crippen LogP contribution < -0.4 is 15.4 Å². The molecule has 2 rings (SSSR count). The summed E-state index contributed by atoms with van der Waals surface area (Å²) in [6, 6.07) is 9.56. The summed E-state index contributed by atoms with van der Waals surface area (Å²) in [6.45, 7) is 7.03. The van der Waals surface area contributed by atoms with Crippen molar-refractivity contribution in [3.8, 4) is 5.75 Å². The third-order valence-electron chi connectivity index (χ3n) is 3.84. The summed E-state index contributed by atoms with van der Waals surface area (Å²) in [5.41, 5.74) is 2.22. The number of nitrogens with one attached hydrogen (secondary N) is 2. The fraction of sp³-hybridized carbons (Fsp3) is 0.421. The molecule has 2 unspecified atom stereocenters. The van der Waals surface area contributed by atoms with E-state index in [-0.39, 0.29) is 36.6 Å². The van der Waals surface area contributed by atoms with Crippen LogP contribution in [0.3, 0.4) is 0 Å². The molecule has 1 aromatic carbocycles. The number of ether oxygens (including phenoxy) is 1. The van der Waals surface area contributed by atoms with Crippen LogP contribution in [0.2, 0.25) is 0 Å². The first-order valence-corrected chi connectivity index (χ1v) is 8.46. The lowest BCUT2D eigenvalue weighted by Gasteiger charge is -2.21. The number of halogens is 1. The van der Waals surface area contributed by atoms with Crippen molar-refractivity contribution in [2.45, 2.75) is 32.9 Å². The van der Waals surface area contributed by atoms with Gasteiger partial charge in [0, 0.05) is 12.1 Å². The van der Waals surface area contributed by atoms with Gasteiger partial charge >= 0.3 is 0 Å². The van der Waals surface area contributed by atoms with Crippen molar-refractivity contribution in [1.29, 1.82) is 0 Å². The Hall–Kier alpha value is -1.74. The number of aliphatic hydroxyl groups is 1. The van der Waals surface area contributed by atoms with Gasteiger partial charge in [-0.1, -0.05) is 17.7 Å². The molecule has 0 aliphatic carbocycles. The Labute approximate surface area is 172 Å². The average Bonchev–Trinajstić information content (AvgIpc) is 3.14. The van der Waals surface area contributed by atoms with E-state index in [1.54, 1.807) is 19.2 Å². The highest BCUT2D eigenvalue weighted by Gasteiger charge is 2.14. The first-order chi connectivity index (χ1) is 12.0. The van der Waals surface area contributed by atoms with Crippen LogP contribution >= 0.6 is 24.0 Å². The van der Waals surface area contributed by atoms with Crippen molar-refractivity contribution in [3.05, 3.63) is 53.5 Å². The van der Waals surface area contributed by atoms with Crippen molar-refractivity contribution in [3.63, 3.8) is 0 Å². The molecule has 0 saturated heterocycles. The summed E-state index contributed by atoms with van der Waals surface area (Å²) >= 11 is 0. The smallest absolute Gasteiger partial charge is 0.191 e. The molecule has 144 valence electrons. The van der Waals surface area contributed by atoms with Crippen LogP contribution in [0.4, 0.5) is 0 Å². The number of aliphatic hydroxyl groups excluding tert-OH is 1. The van der Waals surface area contributed by atoms with Gasteiger partial charge in [-0.25, -0.2) is 0 Å². The molecule has 2 atom stereocenters. The van der Waals surface area contributed by atoms with Gasteiger partial charge in [-0.2, -0.15) is 0 Å². The number of furan rings is 1. The molecule has 1 aromatic heterocycles. The highest BCUT2D eigenvalue weighted by atomic mass is 127. The maximum Gasteiger partial charge on any atom is 0.191 e. The zero-order chi connectivity index (χ0) is 18.2. The standard InChI is InChI=1S/C19H27N3O3.HI/c1-5-20-19(21-12-16(23)18-7-6-10-25-18)22-14(3)15-11-13(2)8-9-17(15)24-4;/h6-11,14,16,23H,5,12H2,1-4H3,(H2,20,21,22);1H. The summed E-state index contributed by atoms with van der Waals surface area (Å²) in [7, 11) is 1.67. The lowest BCUT2D eigenvalue weighted by atomic mass is 10.0. The minimum absolute atomic E-state index is 0. The molecule has 2 aromatic rings. The molecule has 0 saturated carbocycles. The van der Waals surface area contributed by atoms with Gasteiger partial charge in [0.05, 0.1) is 26.0 Å². The van der Waals surface area contributed by atoms with E-state index in [0.717, 1.165) is 17.9 Å². The van der Waals surface area contributed by atoms with Crippen molar-refractivity contribution < 1.29 is 14.3 Å². The summed E-state index contributed by atoms with van der Waals surface area (Å²) in [5.74, 6) is 1.97. The number of aliphatic imine (C=N–C) groups is 1. The van der Waals surface area contributed by atoms with E-state index >= 15 is 0 Å². The van der Waals surface area contributed by atoms with E-state index in [1.165, 1.54) is 11.8 Å². The first kappa shape index (κ1) is 22.3. The van der Waals surface area contributed by atoms with Gasteiger partial charge in [0.1, 0.15) is 17.6 Å². The van der Waals surface area contributed by atoms with Gasteiger partial charge < -0.3 is 24.9 Å². The average molecular weight is 473 g/mol. The lowest BCUT2D eigenvalue weighted by molar-refractivity contribution is 0.158. The molecule has 0 fully saturated rings. The molecule has 0 amide bonds. The molecule has 1 heterocycles. The van der Waals surface area contributed by atoms with Crippen molar-refractivity contribution in [2.75, 3.05) is 20.2 Å². The van der Waals surface area contributed by atoms with Crippen LogP contribution in [0, 0.1) is 6.92 Å². The van der Waals surface area contributed by atoms with E-state index in [1.807, 2.05) is 26.0 Å². The lowest BCUT2D eigenvalue weighted by Crippen LogP contribution is -2.39. The van der Waals surface area contributed by atoms with Crippen molar-refractivity contribution in [1.82, 2.24) is 10.6 Å². The molecule has 0 spiro atoms. The Morgan fingerprint density at radius 1 is 1.35 bits per heavy atom. The van der Waals surface area contributed by atoms with Gasteiger partial charge in [0.25, 0.3) is 0 Å². The highest BCUT2D eigenvalue weighted by Crippen LogP contribution is 2.26. The minimum Gasteiger partial charge on any atom is -0.496 e. The summed E-state index contributed by atoms with van der Waals surface area (Å²) < 4.78 is 10.7. The Balaban J connectivity index is 0.00000338. The zero-order valence-electron chi connectivity index (χ0n) is 15.7. The molecule has 0 aliphatic heterocycles. The maximum absolute atomic E-state index is 10.1. The molecule has 7 heteroatoms. The second kappa shape index (κ2) is 11.1. The molecular formula is C19H28IN3O3. The quantitative estimate of drug-likeness (QED) is 0.326. The fourth-order valence-electron chi connectivity index (χ4n) is 2.54. The molecule has 6 nitrogen and oxygen atoms in total. The highest BCUT2D eigenvalue weighted by molar-refractivity contribution is 14.0. The van der Waals surface area contributed by atoms with Crippen LogP contribution in [0.5, 0.6) is 5.75 Å². The monoisotopic (exact) mass is 473 g/mol. The van der Waals surface area contributed by atoms with Gasteiger partial charge in [0.15, 0.2) is 5.96 Å².